The highest BCUT2D eigenvalue weighted by molar-refractivity contribution is 5.66. The van der Waals surface area contributed by atoms with Crippen molar-refractivity contribution in [2.45, 2.75) is 25.2 Å². The van der Waals surface area contributed by atoms with Crippen molar-refractivity contribution < 1.29 is 13.5 Å². The molecule has 1 aliphatic heterocycles. The predicted molar refractivity (Wildman–Crippen MR) is 116 cm³/mol. The molecule has 1 N–H and O–H groups in total. The molecule has 0 amide bonds. The number of alkyl halides is 2. The number of anilines is 2. The maximum absolute atomic E-state index is 13.1. The Bertz CT molecular complexity index is 1050. The summed E-state index contributed by atoms with van der Waals surface area (Å²) in [5, 5.41) is 3.18. The zero-order valence-corrected chi connectivity index (χ0v) is 17.6. The van der Waals surface area contributed by atoms with Gasteiger partial charge in [-0.15, -0.1) is 0 Å². The number of benzene rings is 1. The first-order valence-electron chi connectivity index (χ1n) is 10.2. The third kappa shape index (κ3) is 5.14. The van der Waals surface area contributed by atoms with E-state index in [0.717, 1.165) is 37.3 Å². The van der Waals surface area contributed by atoms with E-state index in [1.54, 1.807) is 31.6 Å². The smallest absolute Gasteiger partial charge is 0.263 e. The number of piperidine rings is 1. The Morgan fingerprint density at radius 3 is 2.81 bits per heavy atom. The molecule has 31 heavy (non-hydrogen) atoms. The number of nitrogens with zero attached hydrogens (tertiary/aromatic N) is 4. The van der Waals surface area contributed by atoms with Crippen LogP contribution in [-0.4, -0.2) is 47.1 Å². The van der Waals surface area contributed by atoms with Crippen molar-refractivity contribution >= 4 is 11.5 Å². The van der Waals surface area contributed by atoms with E-state index in [9.17, 15) is 8.78 Å². The fourth-order valence-corrected chi connectivity index (χ4v) is 3.81. The standard InChI is InChI=1S/C23H25F2N5O/c1-30-8-4-6-16(14-30)23-28-20(17-10-19(31-2)13-26-12-17)11-21(29-23)27-18-7-3-5-15(9-18)22(24)25/h3,5,7,9-13,16,22H,4,6,8,14H2,1-2H3,(H,27,28,29). The molecular formula is C23H25F2N5O. The highest BCUT2D eigenvalue weighted by atomic mass is 19.3. The van der Waals surface area contributed by atoms with Gasteiger partial charge in [-0.1, -0.05) is 12.1 Å². The normalized spacial score (nSPS) is 17.0. The van der Waals surface area contributed by atoms with Crippen LogP contribution in [0.4, 0.5) is 20.3 Å². The molecule has 3 aromatic rings. The summed E-state index contributed by atoms with van der Waals surface area (Å²) in [4.78, 5) is 16.1. The first kappa shape index (κ1) is 21.1. The number of halogens is 2. The molecule has 8 heteroatoms. The lowest BCUT2D eigenvalue weighted by atomic mass is 9.97. The summed E-state index contributed by atoms with van der Waals surface area (Å²) < 4.78 is 31.5. The number of pyridine rings is 1. The van der Waals surface area contributed by atoms with Gasteiger partial charge in [-0.3, -0.25) is 4.98 Å². The molecule has 0 saturated carbocycles. The Labute approximate surface area is 180 Å². The van der Waals surface area contributed by atoms with E-state index in [1.165, 1.54) is 12.1 Å². The fraction of sp³-hybridized carbons (Fsp3) is 0.348. The lowest BCUT2D eigenvalue weighted by Crippen LogP contribution is -2.31. The second-order valence-corrected chi connectivity index (χ2v) is 7.76. The zero-order chi connectivity index (χ0) is 21.8. The van der Waals surface area contributed by atoms with Gasteiger partial charge >= 0.3 is 0 Å². The van der Waals surface area contributed by atoms with Crippen LogP contribution in [0.1, 0.15) is 36.6 Å². The molecule has 1 aromatic carbocycles. The van der Waals surface area contributed by atoms with E-state index < -0.39 is 6.43 Å². The summed E-state index contributed by atoms with van der Waals surface area (Å²) in [6.07, 6.45) is 2.91. The topological polar surface area (TPSA) is 63.2 Å². The van der Waals surface area contributed by atoms with Gasteiger partial charge in [0.2, 0.25) is 0 Å². The van der Waals surface area contributed by atoms with Gasteiger partial charge in [0, 0.05) is 41.5 Å². The quantitative estimate of drug-likeness (QED) is 0.597. The zero-order valence-electron chi connectivity index (χ0n) is 17.6. The van der Waals surface area contributed by atoms with Gasteiger partial charge in [0.05, 0.1) is 19.0 Å². The van der Waals surface area contributed by atoms with Crippen molar-refractivity contribution in [2.24, 2.45) is 0 Å². The van der Waals surface area contributed by atoms with E-state index in [-0.39, 0.29) is 11.5 Å². The summed E-state index contributed by atoms with van der Waals surface area (Å²) in [6.45, 7) is 1.93. The molecule has 3 heterocycles. The molecular weight excluding hydrogens is 400 g/mol. The number of aromatic nitrogens is 3. The first-order chi connectivity index (χ1) is 15.0. The van der Waals surface area contributed by atoms with Crippen LogP contribution in [0.2, 0.25) is 0 Å². The number of methoxy groups -OCH3 is 1. The number of rotatable bonds is 6. The van der Waals surface area contributed by atoms with Crippen molar-refractivity contribution in [3.05, 3.63) is 60.2 Å². The Kier molecular flexibility index (Phi) is 6.36. The average Bonchev–Trinajstić information content (AvgIpc) is 2.79. The lowest BCUT2D eigenvalue weighted by Gasteiger charge is -2.29. The summed E-state index contributed by atoms with van der Waals surface area (Å²) >= 11 is 0. The van der Waals surface area contributed by atoms with Gasteiger partial charge in [-0.2, -0.15) is 0 Å². The van der Waals surface area contributed by atoms with Crippen LogP contribution in [0, 0.1) is 0 Å². The van der Waals surface area contributed by atoms with Gasteiger partial charge in [0.15, 0.2) is 0 Å². The third-order valence-electron chi connectivity index (χ3n) is 5.39. The number of likely N-dealkylation sites (N-methyl/N-ethyl adjacent to an activating group) is 1. The van der Waals surface area contributed by atoms with Crippen LogP contribution in [0.3, 0.4) is 0 Å². The molecule has 0 spiro atoms. The monoisotopic (exact) mass is 425 g/mol. The van der Waals surface area contributed by atoms with Gasteiger partial charge < -0.3 is 15.0 Å². The van der Waals surface area contributed by atoms with Crippen LogP contribution in [0.5, 0.6) is 5.75 Å². The predicted octanol–water partition coefficient (Wildman–Crippen LogP) is 5.04. The molecule has 1 atom stereocenters. The largest absolute Gasteiger partial charge is 0.495 e. The van der Waals surface area contributed by atoms with E-state index in [4.69, 9.17) is 14.7 Å². The fourth-order valence-electron chi connectivity index (χ4n) is 3.81. The summed E-state index contributed by atoms with van der Waals surface area (Å²) in [5.74, 6) is 2.13. The van der Waals surface area contributed by atoms with Gasteiger partial charge in [0.25, 0.3) is 6.43 Å². The molecule has 4 rings (SSSR count). The minimum Gasteiger partial charge on any atom is -0.495 e. The van der Waals surface area contributed by atoms with E-state index in [2.05, 4.69) is 22.2 Å². The van der Waals surface area contributed by atoms with Crippen molar-refractivity contribution in [2.75, 3.05) is 32.6 Å². The van der Waals surface area contributed by atoms with Crippen LogP contribution >= 0.6 is 0 Å². The number of likely N-dealkylation sites (tertiary alicyclic amines) is 1. The van der Waals surface area contributed by atoms with Gasteiger partial charge in [-0.05, 0) is 44.6 Å². The molecule has 162 valence electrons. The molecule has 1 fully saturated rings. The maximum Gasteiger partial charge on any atom is 0.263 e. The Balaban J connectivity index is 1.73. The molecule has 0 aliphatic carbocycles. The third-order valence-corrected chi connectivity index (χ3v) is 5.39. The van der Waals surface area contributed by atoms with Crippen LogP contribution in [0.25, 0.3) is 11.3 Å². The van der Waals surface area contributed by atoms with Gasteiger partial charge in [0.1, 0.15) is 17.4 Å². The lowest BCUT2D eigenvalue weighted by molar-refractivity contribution is 0.151. The number of nitrogens with one attached hydrogen (secondary N) is 1. The number of hydrogen-bond donors (Lipinski definition) is 1. The van der Waals surface area contributed by atoms with Gasteiger partial charge in [-0.25, -0.2) is 18.7 Å². The average molecular weight is 425 g/mol. The van der Waals surface area contributed by atoms with Crippen LogP contribution in [0.15, 0.2) is 48.8 Å². The first-order valence-corrected chi connectivity index (χ1v) is 10.2. The molecule has 0 bridgehead atoms. The van der Waals surface area contributed by atoms with E-state index in [0.29, 0.717) is 22.9 Å². The molecule has 6 nitrogen and oxygen atoms in total. The molecule has 1 unspecified atom stereocenters. The maximum atomic E-state index is 13.1. The number of ether oxygens (including phenoxy) is 1. The second kappa shape index (κ2) is 9.34. The highest BCUT2D eigenvalue weighted by Gasteiger charge is 2.23. The number of hydrogen-bond acceptors (Lipinski definition) is 6. The summed E-state index contributed by atoms with van der Waals surface area (Å²) in [7, 11) is 3.68. The minimum atomic E-state index is -2.53. The van der Waals surface area contributed by atoms with Crippen LogP contribution < -0.4 is 10.1 Å². The van der Waals surface area contributed by atoms with Crippen molar-refractivity contribution in [3.8, 4) is 17.0 Å². The molecule has 1 aliphatic rings. The Morgan fingerprint density at radius 1 is 1.16 bits per heavy atom. The van der Waals surface area contributed by atoms with Crippen molar-refractivity contribution in [1.82, 2.24) is 19.9 Å². The molecule has 1 saturated heterocycles. The molecule has 0 radical (unpaired) electrons. The summed E-state index contributed by atoms with van der Waals surface area (Å²) in [5.41, 5.74) is 2.03. The second-order valence-electron chi connectivity index (χ2n) is 7.76. The van der Waals surface area contributed by atoms with Crippen LogP contribution in [-0.2, 0) is 0 Å². The van der Waals surface area contributed by atoms with Crippen molar-refractivity contribution in [1.29, 1.82) is 0 Å². The summed E-state index contributed by atoms with van der Waals surface area (Å²) in [6, 6.07) is 9.87. The minimum absolute atomic E-state index is 0.0367. The Hall–Kier alpha value is -3.13. The van der Waals surface area contributed by atoms with E-state index in [1.807, 2.05) is 12.1 Å². The Morgan fingerprint density at radius 2 is 2.03 bits per heavy atom. The van der Waals surface area contributed by atoms with E-state index >= 15 is 0 Å². The highest BCUT2D eigenvalue weighted by Crippen LogP contribution is 2.30. The van der Waals surface area contributed by atoms with Crippen molar-refractivity contribution in [3.63, 3.8) is 0 Å². The SMILES string of the molecule is COc1cncc(-c2cc(Nc3cccc(C(F)F)c3)nc(C3CCCN(C)C3)n2)c1. The molecule has 2 aromatic heterocycles.